The van der Waals surface area contributed by atoms with Gasteiger partial charge in [-0.25, -0.2) is 0 Å². The van der Waals surface area contributed by atoms with E-state index in [0.717, 1.165) is 12.5 Å². The van der Waals surface area contributed by atoms with Crippen LogP contribution in [-0.4, -0.2) is 18.8 Å². The van der Waals surface area contributed by atoms with Gasteiger partial charge in [-0.1, -0.05) is 20.8 Å². The molecule has 0 aromatic rings. The van der Waals surface area contributed by atoms with Crippen LogP contribution in [-0.2, 0) is 4.74 Å². The van der Waals surface area contributed by atoms with Crippen LogP contribution in [0.2, 0.25) is 0 Å². The predicted molar refractivity (Wildman–Crippen MR) is 81.1 cm³/mol. The molecule has 1 heterocycles. The molecule has 112 valence electrons. The maximum Gasteiger partial charge on any atom is 0.0585 e. The highest BCUT2D eigenvalue weighted by molar-refractivity contribution is 4.92. The minimum Gasteiger partial charge on any atom is -0.375 e. The van der Waals surface area contributed by atoms with Crippen LogP contribution in [0.1, 0.15) is 72.6 Å². The minimum atomic E-state index is 0.372. The van der Waals surface area contributed by atoms with Crippen LogP contribution < -0.4 is 5.73 Å². The first-order valence-electron chi connectivity index (χ1n) is 8.20. The van der Waals surface area contributed by atoms with Crippen molar-refractivity contribution in [1.82, 2.24) is 0 Å². The van der Waals surface area contributed by atoms with Crippen LogP contribution in [0.25, 0.3) is 0 Å². The van der Waals surface area contributed by atoms with E-state index in [4.69, 9.17) is 10.5 Å². The Kier molecular flexibility index (Phi) is 4.62. The van der Waals surface area contributed by atoms with Crippen LogP contribution in [0.5, 0.6) is 0 Å². The summed E-state index contributed by atoms with van der Waals surface area (Å²) in [5, 5.41) is 0. The molecule has 19 heavy (non-hydrogen) atoms. The zero-order valence-electron chi connectivity index (χ0n) is 13.4. The lowest BCUT2D eigenvalue weighted by atomic mass is 9.62. The molecule has 1 aliphatic heterocycles. The molecule has 2 unspecified atom stereocenters. The van der Waals surface area contributed by atoms with Crippen molar-refractivity contribution in [3.8, 4) is 0 Å². The summed E-state index contributed by atoms with van der Waals surface area (Å²) in [7, 11) is 0. The third-order valence-corrected chi connectivity index (χ3v) is 5.68. The molecule has 0 radical (unpaired) electrons. The minimum absolute atomic E-state index is 0.372. The summed E-state index contributed by atoms with van der Waals surface area (Å²) in [6, 6.07) is 0. The van der Waals surface area contributed by atoms with Crippen molar-refractivity contribution in [2.45, 2.75) is 84.8 Å². The standard InChI is InChI=1S/C17H33NO/c1-13-5-6-15(19-13)11-17(12-18)9-7-14(8-10-17)16(2,3)4/h13-15H,5-12,18H2,1-4H3. The molecule has 0 amide bonds. The second kappa shape index (κ2) is 5.73. The Labute approximate surface area is 119 Å². The van der Waals surface area contributed by atoms with Gasteiger partial charge in [0.15, 0.2) is 0 Å². The number of nitrogens with two attached hydrogens (primary N) is 1. The lowest BCUT2D eigenvalue weighted by Crippen LogP contribution is -2.40. The quantitative estimate of drug-likeness (QED) is 0.834. The molecule has 0 aromatic carbocycles. The molecule has 2 aliphatic rings. The van der Waals surface area contributed by atoms with E-state index in [-0.39, 0.29) is 0 Å². The SMILES string of the molecule is CC1CCC(CC2(CN)CCC(C(C)(C)C)CC2)O1. The highest BCUT2D eigenvalue weighted by Gasteiger charge is 2.40. The summed E-state index contributed by atoms with van der Waals surface area (Å²) in [5.41, 5.74) is 6.98. The van der Waals surface area contributed by atoms with Gasteiger partial charge in [0, 0.05) is 0 Å². The van der Waals surface area contributed by atoms with Crippen LogP contribution >= 0.6 is 0 Å². The normalized spacial score (nSPS) is 40.6. The summed E-state index contributed by atoms with van der Waals surface area (Å²) >= 11 is 0. The first kappa shape index (κ1) is 15.3. The maximum absolute atomic E-state index is 6.15. The van der Waals surface area contributed by atoms with Gasteiger partial charge in [-0.2, -0.15) is 0 Å². The van der Waals surface area contributed by atoms with Gasteiger partial charge in [0.1, 0.15) is 0 Å². The van der Waals surface area contributed by atoms with E-state index in [2.05, 4.69) is 27.7 Å². The monoisotopic (exact) mass is 267 g/mol. The molecule has 2 N–H and O–H groups in total. The molecule has 2 atom stereocenters. The highest BCUT2D eigenvalue weighted by Crippen LogP contribution is 2.48. The number of ether oxygens (including phenoxy) is 1. The van der Waals surface area contributed by atoms with Crippen LogP contribution in [0.15, 0.2) is 0 Å². The first-order valence-corrected chi connectivity index (χ1v) is 8.20. The number of rotatable bonds is 3. The van der Waals surface area contributed by atoms with E-state index in [0.29, 0.717) is 23.0 Å². The smallest absolute Gasteiger partial charge is 0.0585 e. The molecule has 0 spiro atoms. The molecule has 2 nitrogen and oxygen atoms in total. The van der Waals surface area contributed by atoms with E-state index in [1.807, 2.05) is 0 Å². The molecule has 2 heteroatoms. The molecule has 2 fully saturated rings. The van der Waals surface area contributed by atoms with Crippen molar-refractivity contribution in [2.24, 2.45) is 22.5 Å². The van der Waals surface area contributed by atoms with Gasteiger partial charge in [-0.05, 0) is 75.2 Å². The van der Waals surface area contributed by atoms with Gasteiger partial charge in [-0.15, -0.1) is 0 Å². The van der Waals surface area contributed by atoms with Crippen molar-refractivity contribution in [3.05, 3.63) is 0 Å². The Morgan fingerprint density at radius 3 is 2.16 bits per heavy atom. The van der Waals surface area contributed by atoms with E-state index >= 15 is 0 Å². The second-order valence-corrected chi connectivity index (χ2v) is 8.19. The third kappa shape index (κ3) is 3.72. The van der Waals surface area contributed by atoms with Crippen molar-refractivity contribution < 1.29 is 4.74 Å². The molecule has 1 aliphatic carbocycles. The van der Waals surface area contributed by atoms with Crippen LogP contribution in [0.4, 0.5) is 0 Å². The van der Waals surface area contributed by atoms with Crippen molar-refractivity contribution in [2.75, 3.05) is 6.54 Å². The van der Waals surface area contributed by atoms with Gasteiger partial charge in [0.05, 0.1) is 12.2 Å². The lowest BCUT2D eigenvalue weighted by molar-refractivity contribution is 0.000668. The van der Waals surface area contributed by atoms with Gasteiger partial charge >= 0.3 is 0 Å². The molecule has 2 rings (SSSR count). The van der Waals surface area contributed by atoms with Crippen molar-refractivity contribution in [1.29, 1.82) is 0 Å². The fourth-order valence-corrected chi connectivity index (χ4v) is 4.11. The third-order valence-electron chi connectivity index (χ3n) is 5.68. The summed E-state index contributed by atoms with van der Waals surface area (Å²) in [6.07, 6.45) is 9.92. The van der Waals surface area contributed by atoms with Gasteiger partial charge in [-0.3, -0.25) is 0 Å². The molecule has 0 aromatic heterocycles. The zero-order chi connectivity index (χ0) is 14.1. The average Bonchev–Trinajstić information content (AvgIpc) is 2.74. The molecular weight excluding hydrogens is 234 g/mol. The Hall–Kier alpha value is -0.0800. The Morgan fingerprint density at radius 1 is 1.11 bits per heavy atom. The Balaban J connectivity index is 1.90. The van der Waals surface area contributed by atoms with Crippen molar-refractivity contribution in [3.63, 3.8) is 0 Å². The first-order chi connectivity index (χ1) is 8.85. The van der Waals surface area contributed by atoms with Crippen LogP contribution in [0, 0.1) is 16.7 Å². The summed E-state index contributed by atoms with van der Waals surface area (Å²) in [5.74, 6) is 0.871. The zero-order valence-corrected chi connectivity index (χ0v) is 13.4. The van der Waals surface area contributed by atoms with Gasteiger partial charge in [0.2, 0.25) is 0 Å². The van der Waals surface area contributed by atoms with E-state index in [1.54, 1.807) is 0 Å². The largest absolute Gasteiger partial charge is 0.375 e. The second-order valence-electron chi connectivity index (χ2n) is 8.19. The molecule has 0 bridgehead atoms. The number of hydrogen-bond donors (Lipinski definition) is 1. The summed E-state index contributed by atoms with van der Waals surface area (Å²) in [6.45, 7) is 10.2. The van der Waals surface area contributed by atoms with E-state index in [1.165, 1.54) is 44.9 Å². The number of hydrogen-bond acceptors (Lipinski definition) is 2. The Bertz CT molecular complexity index is 286. The predicted octanol–water partition coefficient (Wildman–Crippen LogP) is 4.13. The average molecular weight is 267 g/mol. The maximum atomic E-state index is 6.15. The highest BCUT2D eigenvalue weighted by atomic mass is 16.5. The molecule has 1 saturated heterocycles. The molecular formula is C17H33NO. The topological polar surface area (TPSA) is 35.2 Å². The fourth-order valence-electron chi connectivity index (χ4n) is 4.11. The van der Waals surface area contributed by atoms with Crippen molar-refractivity contribution >= 4 is 0 Å². The fraction of sp³-hybridized carbons (Fsp3) is 1.00. The van der Waals surface area contributed by atoms with E-state index in [9.17, 15) is 0 Å². The van der Waals surface area contributed by atoms with Crippen LogP contribution in [0.3, 0.4) is 0 Å². The van der Waals surface area contributed by atoms with E-state index < -0.39 is 0 Å². The Morgan fingerprint density at radius 2 is 1.74 bits per heavy atom. The van der Waals surface area contributed by atoms with Gasteiger partial charge in [0.25, 0.3) is 0 Å². The van der Waals surface area contributed by atoms with Gasteiger partial charge < -0.3 is 10.5 Å². The summed E-state index contributed by atoms with van der Waals surface area (Å²) < 4.78 is 6.03. The molecule has 1 saturated carbocycles. The summed E-state index contributed by atoms with van der Waals surface area (Å²) in [4.78, 5) is 0. The lowest BCUT2D eigenvalue weighted by Gasteiger charge is -2.44.